The van der Waals surface area contributed by atoms with Gasteiger partial charge in [0, 0.05) is 11.3 Å². The second-order valence-electron chi connectivity index (χ2n) is 11.2. The molecule has 0 bridgehead atoms. The van der Waals surface area contributed by atoms with E-state index in [1.165, 1.54) is 11.8 Å². The molecule has 1 aromatic carbocycles. The average Bonchev–Trinajstić information content (AvgIpc) is 3.24. The molecule has 210 valence electrons. The third kappa shape index (κ3) is 4.52. The van der Waals surface area contributed by atoms with Crippen molar-refractivity contribution in [2.24, 2.45) is 17.8 Å². The maximum Gasteiger partial charge on any atom is 0.311 e. The number of halogens is 1. The Labute approximate surface area is 239 Å². The summed E-state index contributed by atoms with van der Waals surface area (Å²) in [5.74, 6) is -2.57. The van der Waals surface area contributed by atoms with Crippen molar-refractivity contribution in [3.8, 4) is 0 Å². The summed E-state index contributed by atoms with van der Waals surface area (Å²) < 4.78 is 3.99. The van der Waals surface area contributed by atoms with Gasteiger partial charge in [0.2, 0.25) is 5.91 Å². The number of carbonyl (C=O) groups excluding carboxylic acids is 3. The van der Waals surface area contributed by atoms with Crippen molar-refractivity contribution in [1.82, 2.24) is 4.90 Å². The van der Waals surface area contributed by atoms with E-state index >= 15 is 0 Å². The first-order chi connectivity index (χ1) is 18.7. The summed E-state index contributed by atoms with van der Waals surface area (Å²) in [6, 6.07) is 5.69. The van der Waals surface area contributed by atoms with Crippen molar-refractivity contribution in [2.45, 2.75) is 68.0 Å². The minimum Gasteiger partial charge on any atom is -0.465 e. The van der Waals surface area contributed by atoms with Crippen LogP contribution in [0.1, 0.15) is 46.5 Å². The Morgan fingerprint density at radius 1 is 1.13 bits per heavy atom. The molecule has 2 amide bonds. The van der Waals surface area contributed by atoms with Crippen molar-refractivity contribution in [2.75, 3.05) is 24.7 Å². The van der Waals surface area contributed by atoms with Gasteiger partial charge in [-0.15, -0.1) is 11.8 Å². The predicted molar refractivity (Wildman–Crippen MR) is 154 cm³/mol. The number of amides is 2. The maximum absolute atomic E-state index is 14.6. The van der Waals surface area contributed by atoms with Crippen LogP contribution in [0.4, 0.5) is 5.69 Å². The molecule has 2 saturated heterocycles. The number of thioether (sulfide) groups is 1. The maximum atomic E-state index is 14.6. The Hall–Kier alpha value is -2.29. The van der Waals surface area contributed by atoms with Gasteiger partial charge in [-0.1, -0.05) is 68.3 Å². The number of carbonyl (C=O) groups is 3. The fourth-order valence-corrected chi connectivity index (χ4v) is 9.17. The van der Waals surface area contributed by atoms with Gasteiger partial charge < -0.3 is 19.6 Å². The normalized spacial score (nSPS) is 35.0. The number of hydrogen-bond donors (Lipinski definition) is 1. The summed E-state index contributed by atoms with van der Waals surface area (Å²) in [5, 5.41) is 11.0. The third-order valence-corrected chi connectivity index (χ3v) is 11.0. The number of aliphatic hydroxyl groups excluding tert-OH is 1. The fourth-order valence-electron chi connectivity index (χ4n) is 6.80. The van der Waals surface area contributed by atoms with Crippen LogP contribution in [0.15, 0.2) is 48.6 Å². The molecule has 7 atom stereocenters. The standard InChI is InChI=1S/C30H37ClN2O5S/c1-4-19(2)22(18-34)33-25-27(36)32(21-13-8-7-12-20(21)31)16-11-15-30(25)23(26(33)35)24-28(37)38-17-10-6-5-9-14-29(24,3)39-30/h7-9,11-15,19,22-25,34H,4-6,10,16-18H2,1-3H3/b14-9-/t19-,22-,23-,24-,25?,29+,30-/m0/s1. The van der Waals surface area contributed by atoms with Crippen LogP contribution < -0.4 is 4.90 Å². The molecular formula is C30H37ClN2O5S. The van der Waals surface area contributed by atoms with E-state index in [1.54, 1.807) is 21.9 Å². The van der Waals surface area contributed by atoms with E-state index < -0.39 is 39.4 Å². The number of hydrogen-bond acceptors (Lipinski definition) is 6. The van der Waals surface area contributed by atoms with Crippen molar-refractivity contribution >= 4 is 46.8 Å². The highest BCUT2D eigenvalue weighted by atomic mass is 35.5. The summed E-state index contributed by atoms with van der Waals surface area (Å²) in [5.41, 5.74) is 0.568. The molecule has 39 heavy (non-hydrogen) atoms. The second-order valence-corrected chi connectivity index (χ2v) is 13.4. The molecule has 1 unspecified atom stereocenters. The largest absolute Gasteiger partial charge is 0.465 e. The lowest BCUT2D eigenvalue weighted by atomic mass is 9.74. The molecule has 0 aromatic heterocycles. The van der Waals surface area contributed by atoms with Gasteiger partial charge in [-0.25, -0.2) is 0 Å². The van der Waals surface area contributed by atoms with E-state index in [4.69, 9.17) is 16.3 Å². The smallest absolute Gasteiger partial charge is 0.311 e. The first-order valence-electron chi connectivity index (χ1n) is 13.9. The highest BCUT2D eigenvalue weighted by molar-refractivity contribution is 8.02. The van der Waals surface area contributed by atoms with Crippen LogP contribution in [0.3, 0.4) is 0 Å². The number of nitrogens with zero attached hydrogens (tertiary/aromatic N) is 2. The molecular weight excluding hydrogens is 536 g/mol. The Morgan fingerprint density at radius 2 is 1.90 bits per heavy atom. The first kappa shape index (κ1) is 28.2. The molecule has 0 aliphatic carbocycles. The average molecular weight is 573 g/mol. The van der Waals surface area contributed by atoms with E-state index in [2.05, 4.69) is 6.08 Å². The minimum atomic E-state index is -1.01. The number of cyclic esters (lactones) is 1. The van der Waals surface area contributed by atoms with Crippen LogP contribution in [0, 0.1) is 17.8 Å². The molecule has 0 saturated carbocycles. The van der Waals surface area contributed by atoms with E-state index in [9.17, 15) is 19.5 Å². The van der Waals surface area contributed by atoms with E-state index in [1.807, 2.05) is 51.1 Å². The number of ether oxygens (including phenoxy) is 1. The summed E-state index contributed by atoms with van der Waals surface area (Å²) >= 11 is 8.07. The number of benzene rings is 1. The Morgan fingerprint density at radius 3 is 2.62 bits per heavy atom. The van der Waals surface area contributed by atoms with Gasteiger partial charge in [-0.3, -0.25) is 14.4 Å². The number of rotatable bonds is 5. The second kappa shape index (κ2) is 10.9. The molecule has 1 N–H and O–H groups in total. The molecule has 0 radical (unpaired) electrons. The van der Waals surface area contributed by atoms with Crippen molar-refractivity contribution < 1.29 is 24.2 Å². The molecule has 2 fully saturated rings. The van der Waals surface area contributed by atoms with Gasteiger partial charge in [0.25, 0.3) is 5.91 Å². The summed E-state index contributed by atoms with van der Waals surface area (Å²) in [4.78, 5) is 46.1. The van der Waals surface area contributed by atoms with Crippen molar-refractivity contribution in [3.05, 3.63) is 53.6 Å². The van der Waals surface area contributed by atoms with Crippen LogP contribution >= 0.6 is 23.4 Å². The fraction of sp³-hybridized carbons (Fsp3) is 0.567. The highest BCUT2D eigenvalue weighted by Gasteiger charge is 2.74. The van der Waals surface area contributed by atoms with Crippen LogP contribution in [-0.2, 0) is 19.1 Å². The molecule has 1 aromatic rings. The lowest BCUT2D eigenvalue weighted by molar-refractivity contribution is -0.155. The third-order valence-electron chi connectivity index (χ3n) is 8.93. The first-order valence-corrected chi connectivity index (χ1v) is 15.1. The molecule has 1 spiro atoms. The molecule has 4 aliphatic rings. The zero-order valence-electron chi connectivity index (χ0n) is 22.7. The lowest BCUT2D eigenvalue weighted by Gasteiger charge is -2.41. The Balaban J connectivity index is 1.70. The SMILES string of the molecule is CC[C@H](C)[C@H](CO)N1C(=O)[C@@H]2[C@H]3C(=O)OCCCC/C=C\[C@@]3(C)S[C@@]23C=CCN(c2ccccc2Cl)C(=O)C13. The number of para-hydroxylation sites is 1. The van der Waals surface area contributed by atoms with Crippen molar-refractivity contribution in [3.63, 3.8) is 0 Å². The molecule has 4 heterocycles. The monoisotopic (exact) mass is 572 g/mol. The van der Waals surface area contributed by atoms with Gasteiger partial charge in [0.05, 0.1) is 46.5 Å². The summed E-state index contributed by atoms with van der Waals surface area (Å²) in [6.07, 6.45) is 11.3. The number of allylic oxidation sites excluding steroid dienone is 1. The quantitative estimate of drug-likeness (QED) is 0.409. The number of aliphatic hydroxyl groups is 1. The lowest BCUT2D eigenvalue weighted by Crippen LogP contribution is -2.58. The number of likely N-dealkylation sites (tertiary alicyclic amines) is 1. The number of anilines is 1. The topological polar surface area (TPSA) is 87.2 Å². The van der Waals surface area contributed by atoms with Crippen LogP contribution in [-0.4, -0.2) is 69.1 Å². The van der Waals surface area contributed by atoms with Crippen molar-refractivity contribution in [1.29, 1.82) is 0 Å². The Kier molecular flexibility index (Phi) is 7.92. The highest BCUT2D eigenvalue weighted by Crippen LogP contribution is 2.65. The zero-order chi connectivity index (χ0) is 27.9. The van der Waals surface area contributed by atoms with E-state index in [-0.39, 0.29) is 30.9 Å². The van der Waals surface area contributed by atoms with Gasteiger partial charge in [-0.05, 0) is 44.2 Å². The van der Waals surface area contributed by atoms with Gasteiger partial charge in [-0.2, -0.15) is 0 Å². The minimum absolute atomic E-state index is 0.0594. The molecule has 5 rings (SSSR count). The molecule has 4 aliphatic heterocycles. The molecule has 9 heteroatoms. The van der Waals surface area contributed by atoms with E-state index in [0.29, 0.717) is 17.3 Å². The number of esters is 1. The van der Waals surface area contributed by atoms with E-state index in [0.717, 1.165) is 25.7 Å². The van der Waals surface area contributed by atoms with Gasteiger partial charge >= 0.3 is 5.97 Å². The van der Waals surface area contributed by atoms with Gasteiger partial charge in [0.15, 0.2) is 0 Å². The van der Waals surface area contributed by atoms with Crippen LogP contribution in [0.2, 0.25) is 5.02 Å². The molecule has 7 nitrogen and oxygen atoms in total. The summed E-state index contributed by atoms with van der Waals surface area (Å²) in [6.45, 7) is 6.29. The van der Waals surface area contributed by atoms with Gasteiger partial charge in [0.1, 0.15) is 6.04 Å². The number of fused-ring (bicyclic) bond motifs is 2. The Bertz CT molecular complexity index is 1210. The van der Waals surface area contributed by atoms with Crippen LogP contribution in [0.25, 0.3) is 0 Å². The predicted octanol–water partition coefficient (Wildman–Crippen LogP) is 4.62. The van der Waals surface area contributed by atoms with Crippen LogP contribution in [0.5, 0.6) is 0 Å². The zero-order valence-corrected chi connectivity index (χ0v) is 24.3. The summed E-state index contributed by atoms with van der Waals surface area (Å²) in [7, 11) is 0.